The minimum absolute atomic E-state index is 0.589. The van der Waals surface area contributed by atoms with Crippen LogP contribution in [0.25, 0.3) is 0 Å². The van der Waals surface area contributed by atoms with E-state index in [2.05, 4.69) is 0 Å². The van der Waals surface area contributed by atoms with Crippen LogP contribution >= 0.6 is 0 Å². The van der Waals surface area contributed by atoms with Gasteiger partial charge in [-0.05, 0) is 12.8 Å². The lowest BCUT2D eigenvalue weighted by molar-refractivity contribution is -0.124. The molecule has 0 aromatic carbocycles. The molecule has 0 amide bonds. The van der Waals surface area contributed by atoms with Gasteiger partial charge in [-0.25, -0.2) is 0 Å². The van der Waals surface area contributed by atoms with Crippen molar-refractivity contribution in [2.75, 3.05) is 13.1 Å². The molecule has 1 heterocycles. The van der Waals surface area contributed by atoms with E-state index >= 15 is 0 Å². The van der Waals surface area contributed by atoms with Crippen LogP contribution in [0.5, 0.6) is 0 Å². The van der Waals surface area contributed by atoms with Gasteiger partial charge in [0.05, 0.1) is 0 Å². The van der Waals surface area contributed by atoms with E-state index in [1.54, 1.807) is 4.90 Å². The molecule has 1 N–H and O–H groups in total. The van der Waals surface area contributed by atoms with Crippen LogP contribution in [-0.4, -0.2) is 35.6 Å². The maximum Gasteiger partial charge on any atom is 0.163 e. The summed E-state index contributed by atoms with van der Waals surface area (Å²) in [5.41, 5.74) is 0. The Morgan fingerprint density at radius 3 is 2.40 bits per heavy atom. The predicted molar refractivity (Wildman–Crippen MR) is 37.5 cm³/mol. The van der Waals surface area contributed by atoms with Gasteiger partial charge in [0.25, 0.3) is 0 Å². The van der Waals surface area contributed by atoms with Gasteiger partial charge in [-0.15, -0.1) is 0 Å². The highest BCUT2D eigenvalue weighted by Gasteiger charge is 2.16. The number of rotatable bonds is 2. The molecular weight excluding hydrogens is 130 g/mol. The Morgan fingerprint density at radius 1 is 1.30 bits per heavy atom. The highest BCUT2D eigenvalue weighted by atomic mass is 16.3. The molecular formula is C7H13NO2. The van der Waals surface area contributed by atoms with Crippen molar-refractivity contribution in [1.82, 2.24) is 4.90 Å². The Labute approximate surface area is 60.6 Å². The molecule has 1 unspecified atom stereocenters. The number of aliphatic hydroxyl groups excluding tert-OH is 1. The molecule has 1 fully saturated rings. The van der Waals surface area contributed by atoms with Crippen molar-refractivity contribution in [3.63, 3.8) is 0 Å². The first-order valence-corrected chi connectivity index (χ1v) is 3.72. The number of piperidine rings is 1. The zero-order valence-corrected chi connectivity index (χ0v) is 5.99. The highest BCUT2D eigenvalue weighted by Crippen LogP contribution is 2.09. The summed E-state index contributed by atoms with van der Waals surface area (Å²) in [6, 6.07) is 0. The van der Waals surface area contributed by atoms with E-state index in [-0.39, 0.29) is 0 Å². The van der Waals surface area contributed by atoms with Gasteiger partial charge in [0.2, 0.25) is 0 Å². The Hall–Kier alpha value is -0.410. The van der Waals surface area contributed by atoms with Gasteiger partial charge in [0, 0.05) is 13.1 Å². The first kappa shape index (κ1) is 7.69. The molecule has 1 aliphatic rings. The van der Waals surface area contributed by atoms with Crippen LogP contribution in [0.15, 0.2) is 0 Å². The summed E-state index contributed by atoms with van der Waals surface area (Å²) in [7, 11) is 0. The largest absolute Gasteiger partial charge is 0.371 e. The number of aliphatic hydroxyl groups is 1. The standard InChI is InChI=1S/C7H13NO2/c9-6-7(10)8-4-2-1-3-5-8/h6-7,10H,1-5H2. The molecule has 0 radical (unpaired) electrons. The minimum atomic E-state index is -0.861. The van der Waals surface area contributed by atoms with Gasteiger partial charge in [-0.1, -0.05) is 6.42 Å². The summed E-state index contributed by atoms with van der Waals surface area (Å²) >= 11 is 0. The van der Waals surface area contributed by atoms with Gasteiger partial charge in [0.1, 0.15) is 0 Å². The fraction of sp³-hybridized carbons (Fsp3) is 0.857. The smallest absolute Gasteiger partial charge is 0.163 e. The van der Waals surface area contributed by atoms with Crippen LogP contribution < -0.4 is 0 Å². The maximum absolute atomic E-state index is 10.1. The lowest BCUT2D eigenvalue weighted by atomic mass is 10.1. The van der Waals surface area contributed by atoms with Crippen molar-refractivity contribution >= 4 is 6.29 Å². The molecule has 3 nitrogen and oxygen atoms in total. The fourth-order valence-corrected chi connectivity index (χ4v) is 1.27. The lowest BCUT2D eigenvalue weighted by Gasteiger charge is -2.27. The number of hydrogen-bond donors (Lipinski definition) is 1. The Bertz CT molecular complexity index is 110. The molecule has 0 aliphatic carbocycles. The van der Waals surface area contributed by atoms with Crippen molar-refractivity contribution in [1.29, 1.82) is 0 Å². The molecule has 1 saturated heterocycles. The molecule has 0 bridgehead atoms. The van der Waals surface area contributed by atoms with Gasteiger partial charge in [-0.3, -0.25) is 9.69 Å². The van der Waals surface area contributed by atoms with E-state index in [0.29, 0.717) is 6.29 Å². The highest BCUT2D eigenvalue weighted by molar-refractivity contribution is 5.54. The number of carbonyl (C=O) groups excluding carboxylic acids is 1. The van der Waals surface area contributed by atoms with E-state index in [1.807, 2.05) is 0 Å². The van der Waals surface area contributed by atoms with Crippen molar-refractivity contribution in [3.8, 4) is 0 Å². The summed E-state index contributed by atoms with van der Waals surface area (Å²) in [5, 5.41) is 9.04. The molecule has 0 spiro atoms. The van der Waals surface area contributed by atoms with Crippen LogP contribution in [0.1, 0.15) is 19.3 Å². The van der Waals surface area contributed by atoms with E-state index in [0.717, 1.165) is 25.9 Å². The molecule has 1 aliphatic heterocycles. The van der Waals surface area contributed by atoms with Gasteiger partial charge in [-0.2, -0.15) is 0 Å². The molecule has 0 saturated carbocycles. The van der Waals surface area contributed by atoms with Crippen LogP contribution in [-0.2, 0) is 4.79 Å². The van der Waals surface area contributed by atoms with E-state index in [1.165, 1.54) is 6.42 Å². The van der Waals surface area contributed by atoms with Gasteiger partial charge in [0.15, 0.2) is 12.5 Å². The second-order valence-corrected chi connectivity index (χ2v) is 2.65. The number of carbonyl (C=O) groups is 1. The third kappa shape index (κ3) is 1.78. The second kappa shape index (κ2) is 3.68. The van der Waals surface area contributed by atoms with Crippen molar-refractivity contribution < 1.29 is 9.90 Å². The normalized spacial score (nSPS) is 24.1. The summed E-state index contributed by atoms with van der Waals surface area (Å²) in [4.78, 5) is 11.9. The topological polar surface area (TPSA) is 40.5 Å². The average molecular weight is 143 g/mol. The van der Waals surface area contributed by atoms with Gasteiger partial charge < -0.3 is 5.11 Å². The summed E-state index contributed by atoms with van der Waals surface area (Å²) in [6.45, 7) is 1.72. The summed E-state index contributed by atoms with van der Waals surface area (Å²) in [6.07, 6.45) is 3.16. The SMILES string of the molecule is O=CC(O)N1CCCCC1. The average Bonchev–Trinajstić information content (AvgIpc) is 2.05. The zero-order chi connectivity index (χ0) is 7.40. The van der Waals surface area contributed by atoms with Crippen LogP contribution in [0, 0.1) is 0 Å². The van der Waals surface area contributed by atoms with Crippen molar-refractivity contribution in [2.24, 2.45) is 0 Å². The van der Waals surface area contributed by atoms with E-state index in [9.17, 15) is 4.79 Å². The first-order chi connectivity index (χ1) is 4.84. The second-order valence-electron chi connectivity index (χ2n) is 2.65. The predicted octanol–water partition coefficient (Wildman–Crippen LogP) is -0.0104. The Morgan fingerprint density at radius 2 is 1.90 bits per heavy atom. The molecule has 58 valence electrons. The molecule has 0 aromatic rings. The molecule has 1 rings (SSSR count). The van der Waals surface area contributed by atoms with Gasteiger partial charge >= 0.3 is 0 Å². The molecule has 10 heavy (non-hydrogen) atoms. The van der Waals surface area contributed by atoms with E-state index < -0.39 is 6.23 Å². The molecule has 3 heteroatoms. The van der Waals surface area contributed by atoms with Crippen LogP contribution in [0.2, 0.25) is 0 Å². The number of likely N-dealkylation sites (tertiary alicyclic amines) is 1. The van der Waals surface area contributed by atoms with Crippen LogP contribution in [0.3, 0.4) is 0 Å². The van der Waals surface area contributed by atoms with Crippen LogP contribution in [0.4, 0.5) is 0 Å². The zero-order valence-electron chi connectivity index (χ0n) is 5.99. The third-order valence-electron chi connectivity index (χ3n) is 1.89. The molecule has 0 aromatic heterocycles. The van der Waals surface area contributed by atoms with Crippen molar-refractivity contribution in [2.45, 2.75) is 25.5 Å². The molecule has 1 atom stereocenters. The summed E-state index contributed by atoms with van der Waals surface area (Å²) in [5.74, 6) is 0. The number of hydrogen-bond acceptors (Lipinski definition) is 3. The minimum Gasteiger partial charge on any atom is -0.371 e. The monoisotopic (exact) mass is 143 g/mol. The maximum atomic E-state index is 10.1. The Balaban J connectivity index is 2.30. The summed E-state index contributed by atoms with van der Waals surface area (Å²) < 4.78 is 0. The number of nitrogens with zero attached hydrogens (tertiary/aromatic N) is 1. The van der Waals surface area contributed by atoms with E-state index in [4.69, 9.17) is 5.11 Å². The Kier molecular flexibility index (Phi) is 2.83. The fourth-order valence-electron chi connectivity index (χ4n) is 1.27. The quantitative estimate of drug-likeness (QED) is 0.553. The lowest BCUT2D eigenvalue weighted by Crippen LogP contribution is -2.39. The first-order valence-electron chi connectivity index (χ1n) is 3.72. The van der Waals surface area contributed by atoms with Crippen molar-refractivity contribution in [3.05, 3.63) is 0 Å². The third-order valence-corrected chi connectivity index (χ3v) is 1.89. The number of aldehydes is 1.